The smallest absolute Gasteiger partial charge is 0.220 e. The van der Waals surface area contributed by atoms with Crippen LogP contribution in [0.15, 0.2) is 0 Å². The fourth-order valence-corrected chi connectivity index (χ4v) is 1.15. The molecule has 1 atom stereocenters. The SMILES string of the molecule is CC(C)COCCCNC(=O)CCC(C)O. The molecule has 1 unspecified atom stereocenters. The quantitative estimate of drug-likeness (QED) is 0.588. The van der Waals surface area contributed by atoms with Crippen LogP contribution in [0.4, 0.5) is 0 Å². The lowest BCUT2D eigenvalue weighted by Crippen LogP contribution is -2.26. The first-order valence-corrected chi connectivity index (χ1v) is 6.05. The highest BCUT2D eigenvalue weighted by Gasteiger charge is 2.03. The summed E-state index contributed by atoms with van der Waals surface area (Å²) in [7, 11) is 0. The predicted molar refractivity (Wildman–Crippen MR) is 64.2 cm³/mol. The Morgan fingerprint density at radius 2 is 2.06 bits per heavy atom. The Hall–Kier alpha value is -0.610. The number of nitrogens with one attached hydrogen (secondary N) is 1. The van der Waals surface area contributed by atoms with Crippen molar-refractivity contribution in [1.82, 2.24) is 5.32 Å². The molecular weight excluding hydrogens is 206 g/mol. The Labute approximate surface area is 98.4 Å². The van der Waals surface area contributed by atoms with E-state index in [1.807, 2.05) is 0 Å². The number of carbonyl (C=O) groups is 1. The van der Waals surface area contributed by atoms with E-state index in [2.05, 4.69) is 19.2 Å². The van der Waals surface area contributed by atoms with Gasteiger partial charge in [-0.25, -0.2) is 0 Å². The van der Waals surface area contributed by atoms with E-state index < -0.39 is 6.10 Å². The van der Waals surface area contributed by atoms with E-state index >= 15 is 0 Å². The minimum Gasteiger partial charge on any atom is -0.393 e. The number of hydrogen-bond donors (Lipinski definition) is 2. The topological polar surface area (TPSA) is 58.6 Å². The van der Waals surface area contributed by atoms with Crippen LogP contribution in [0.5, 0.6) is 0 Å². The van der Waals surface area contributed by atoms with Gasteiger partial charge in [0, 0.05) is 26.2 Å². The van der Waals surface area contributed by atoms with E-state index in [0.29, 0.717) is 31.9 Å². The highest BCUT2D eigenvalue weighted by molar-refractivity contribution is 5.75. The van der Waals surface area contributed by atoms with Gasteiger partial charge < -0.3 is 15.2 Å². The molecule has 0 aromatic rings. The summed E-state index contributed by atoms with van der Waals surface area (Å²) in [6.07, 6.45) is 1.35. The van der Waals surface area contributed by atoms with Gasteiger partial charge in [-0.05, 0) is 25.7 Å². The van der Waals surface area contributed by atoms with Gasteiger partial charge in [-0.15, -0.1) is 0 Å². The predicted octanol–water partition coefficient (Wildman–Crippen LogP) is 1.33. The van der Waals surface area contributed by atoms with Crippen molar-refractivity contribution in [3.63, 3.8) is 0 Å². The van der Waals surface area contributed by atoms with Crippen molar-refractivity contribution in [2.75, 3.05) is 19.8 Å². The van der Waals surface area contributed by atoms with Crippen molar-refractivity contribution < 1.29 is 14.6 Å². The Balaban J connectivity index is 3.21. The molecule has 0 saturated carbocycles. The zero-order valence-corrected chi connectivity index (χ0v) is 10.7. The summed E-state index contributed by atoms with van der Waals surface area (Å²) in [6, 6.07) is 0. The first-order valence-electron chi connectivity index (χ1n) is 6.05. The minimum atomic E-state index is -0.403. The van der Waals surface area contributed by atoms with Crippen LogP contribution in [-0.4, -0.2) is 36.9 Å². The standard InChI is InChI=1S/C12H25NO3/c1-10(2)9-16-8-4-7-13-12(15)6-5-11(3)14/h10-11,14H,4-9H2,1-3H3,(H,13,15). The van der Waals surface area contributed by atoms with E-state index in [1.54, 1.807) is 6.92 Å². The molecular formula is C12H25NO3. The van der Waals surface area contributed by atoms with Gasteiger partial charge in [-0.2, -0.15) is 0 Å². The largest absolute Gasteiger partial charge is 0.393 e. The molecule has 96 valence electrons. The van der Waals surface area contributed by atoms with Crippen LogP contribution in [0, 0.1) is 5.92 Å². The van der Waals surface area contributed by atoms with E-state index in [1.165, 1.54) is 0 Å². The molecule has 0 rings (SSSR count). The average Bonchev–Trinajstić information content (AvgIpc) is 2.19. The third-order valence-corrected chi connectivity index (χ3v) is 2.03. The number of aliphatic hydroxyl groups is 1. The van der Waals surface area contributed by atoms with Crippen molar-refractivity contribution in [2.45, 2.75) is 46.1 Å². The second-order valence-electron chi connectivity index (χ2n) is 4.56. The zero-order chi connectivity index (χ0) is 12.4. The third-order valence-electron chi connectivity index (χ3n) is 2.03. The summed E-state index contributed by atoms with van der Waals surface area (Å²) in [5, 5.41) is 11.8. The van der Waals surface area contributed by atoms with Crippen molar-refractivity contribution in [3.8, 4) is 0 Å². The first-order chi connectivity index (χ1) is 7.52. The molecule has 1 amide bonds. The zero-order valence-electron chi connectivity index (χ0n) is 10.7. The van der Waals surface area contributed by atoms with Crippen LogP contribution < -0.4 is 5.32 Å². The molecule has 0 spiro atoms. The molecule has 0 aliphatic carbocycles. The molecule has 0 aromatic heterocycles. The maximum Gasteiger partial charge on any atom is 0.220 e. The van der Waals surface area contributed by atoms with Gasteiger partial charge in [-0.1, -0.05) is 13.8 Å². The van der Waals surface area contributed by atoms with Crippen LogP contribution in [0.1, 0.15) is 40.0 Å². The Kier molecular flexibility index (Phi) is 9.24. The number of carbonyl (C=O) groups excluding carboxylic acids is 1. The van der Waals surface area contributed by atoms with Crippen LogP contribution in [0.2, 0.25) is 0 Å². The minimum absolute atomic E-state index is 0.00441. The van der Waals surface area contributed by atoms with Gasteiger partial charge in [0.1, 0.15) is 0 Å². The molecule has 0 aliphatic heterocycles. The highest BCUT2D eigenvalue weighted by atomic mass is 16.5. The summed E-state index contributed by atoms with van der Waals surface area (Å²) in [5.41, 5.74) is 0. The number of ether oxygens (including phenoxy) is 1. The van der Waals surface area contributed by atoms with Gasteiger partial charge in [0.2, 0.25) is 5.91 Å². The maximum atomic E-state index is 11.2. The lowest BCUT2D eigenvalue weighted by Gasteiger charge is -2.08. The van der Waals surface area contributed by atoms with Gasteiger partial charge >= 0.3 is 0 Å². The van der Waals surface area contributed by atoms with Crippen molar-refractivity contribution in [1.29, 1.82) is 0 Å². The van der Waals surface area contributed by atoms with E-state index in [0.717, 1.165) is 13.0 Å². The molecule has 0 aromatic carbocycles. The molecule has 4 nitrogen and oxygen atoms in total. The maximum absolute atomic E-state index is 11.2. The molecule has 0 saturated heterocycles. The van der Waals surface area contributed by atoms with Crippen molar-refractivity contribution in [2.24, 2.45) is 5.92 Å². The number of hydrogen-bond acceptors (Lipinski definition) is 3. The van der Waals surface area contributed by atoms with Gasteiger partial charge in [-0.3, -0.25) is 4.79 Å². The molecule has 0 heterocycles. The normalized spacial score (nSPS) is 12.8. The fraction of sp³-hybridized carbons (Fsp3) is 0.917. The summed E-state index contributed by atoms with van der Waals surface area (Å²) in [5.74, 6) is 0.561. The van der Waals surface area contributed by atoms with E-state index in [4.69, 9.17) is 9.84 Å². The molecule has 4 heteroatoms. The van der Waals surface area contributed by atoms with Crippen molar-refractivity contribution in [3.05, 3.63) is 0 Å². The van der Waals surface area contributed by atoms with Gasteiger partial charge in [0.25, 0.3) is 0 Å². The summed E-state index contributed by atoms with van der Waals surface area (Å²) < 4.78 is 5.38. The van der Waals surface area contributed by atoms with Crippen LogP contribution >= 0.6 is 0 Å². The number of rotatable bonds is 9. The molecule has 0 bridgehead atoms. The van der Waals surface area contributed by atoms with Gasteiger partial charge in [0.05, 0.1) is 6.10 Å². The fourth-order valence-electron chi connectivity index (χ4n) is 1.15. The van der Waals surface area contributed by atoms with Gasteiger partial charge in [0.15, 0.2) is 0 Å². The molecule has 2 N–H and O–H groups in total. The third kappa shape index (κ3) is 11.5. The Morgan fingerprint density at radius 1 is 1.38 bits per heavy atom. The lowest BCUT2D eigenvalue weighted by atomic mass is 10.2. The number of amides is 1. The second-order valence-corrected chi connectivity index (χ2v) is 4.56. The van der Waals surface area contributed by atoms with Crippen LogP contribution in [0.25, 0.3) is 0 Å². The Bertz CT molecular complexity index is 181. The van der Waals surface area contributed by atoms with Crippen LogP contribution in [-0.2, 0) is 9.53 Å². The molecule has 0 radical (unpaired) electrons. The van der Waals surface area contributed by atoms with E-state index in [9.17, 15) is 4.79 Å². The summed E-state index contributed by atoms with van der Waals surface area (Å²) >= 11 is 0. The Morgan fingerprint density at radius 3 is 2.62 bits per heavy atom. The highest BCUT2D eigenvalue weighted by Crippen LogP contribution is 1.95. The lowest BCUT2D eigenvalue weighted by molar-refractivity contribution is -0.121. The number of aliphatic hydroxyl groups excluding tert-OH is 1. The summed E-state index contributed by atoms with van der Waals surface area (Å²) in [4.78, 5) is 11.2. The van der Waals surface area contributed by atoms with E-state index in [-0.39, 0.29) is 5.91 Å². The molecule has 0 fully saturated rings. The monoisotopic (exact) mass is 231 g/mol. The molecule has 0 aliphatic rings. The van der Waals surface area contributed by atoms with Crippen LogP contribution in [0.3, 0.4) is 0 Å². The van der Waals surface area contributed by atoms with Crippen molar-refractivity contribution >= 4 is 5.91 Å². The first kappa shape index (κ1) is 15.4. The second kappa shape index (κ2) is 9.60. The summed E-state index contributed by atoms with van der Waals surface area (Å²) in [6.45, 7) is 8.02. The molecule has 16 heavy (non-hydrogen) atoms. The average molecular weight is 231 g/mol.